The number of rotatable bonds is 11. The molecule has 3 aromatic rings. The lowest BCUT2D eigenvalue weighted by Gasteiger charge is -2.13. The predicted octanol–water partition coefficient (Wildman–Crippen LogP) is 8.02. The van der Waals surface area contributed by atoms with E-state index in [1.807, 2.05) is 30.3 Å². The number of aromatic nitrogens is 2. The van der Waals surface area contributed by atoms with E-state index in [2.05, 4.69) is 37.5 Å². The van der Waals surface area contributed by atoms with Crippen LogP contribution in [-0.4, -0.2) is 16.2 Å². The van der Waals surface area contributed by atoms with Crippen molar-refractivity contribution in [3.63, 3.8) is 0 Å². The Labute approximate surface area is 200 Å². The van der Waals surface area contributed by atoms with Gasteiger partial charge in [-0.25, -0.2) is 4.98 Å². The van der Waals surface area contributed by atoms with E-state index < -0.39 is 0 Å². The molecule has 0 N–H and O–H groups in total. The second-order valence-corrected chi connectivity index (χ2v) is 9.81. The standard InChI is InChI=1S/C25H30Cl2N2OS/c1-4-5-12-29-23(11-13-30-17-19-9-7-6-8-10-19)28-24(18(2)3)25(29)31-22-15-20(26)14-21(27)16-22/h6-10,14-16,18H,4-5,11-13,17H2,1-3H3. The molecule has 31 heavy (non-hydrogen) atoms. The minimum absolute atomic E-state index is 0.323. The molecular weight excluding hydrogens is 447 g/mol. The van der Waals surface area contributed by atoms with E-state index in [0.29, 0.717) is 29.2 Å². The van der Waals surface area contributed by atoms with Crippen molar-refractivity contribution in [3.8, 4) is 0 Å². The lowest BCUT2D eigenvalue weighted by Crippen LogP contribution is -2.09. The molecule has 0 spiro atoms. The zero-order valence-corrected chi connectivity index (χ0v) is 20.7. The summed E-state index contributed by atoms with van der Waals surface area (Å²) in [5.41, 5.74) is 2.31. The average Bonchev–Trinajstić information content (AvgIpc) is 3.07. The highest BCUT2D eigenvalue weighted by atomic mass is 35.5. The van der Waals surface area contributed by atoms with Crippen molar-refractivity contribution in [2.45, 2.75) is 69.0 Å². The minimum atomic E-state index is 0.323. The van der Waals surface area contributed by atoms with Gasteiger partial charge in [0, 0.05) is 27.9 Å². The molecule has 0 bridgehead atoms. The fraction of sp³-hybridized carbons (Fsp3) is 0.400. The first-order chi connectivity index (χ1) is 15.0. The van der Waals surface area contributed by atoms with E-state index in [4.69, 9.17) is 32.9 Å². The van der Waals surface area contributed by atoms with Crippen LogP contribution >= 0.6 is 35.0 Å². The first kappa shape index (κ1) is 24.2. The van der Waals surface area contributed by atoms with Crippen LogP contribution < -0.4 is 0 Å². The van der Waals surface area contributed by atoms with Crippen molar-refractivity contribution in [1.82, 2.24) is 9.55 Å². The van der Waals surface area contributed by atoms with Crippen molar-refractivity contribution >= 4 is 35.0 Å². The summed E-state index contributed by atoms with van der Waals surface area (Å²) in [5.74, 6) is 1.41. The second-order valence-electron chi connectivity index (χ2n) is 7.87. The second kappa shape index (κ2) is 12.0. The molecule has 3 nitrogen and oxygen atoms in total. The number of unbranched alkanes of at least 4 members (excludes halogenated alkanes) is 1. The Bertz CT molecular complexity index is 953. The summed E-state index contributed by atoms with van der Waals surface area (Å²) < 4.78 is 8.31. The van der Waals surface area contributed by atoms with Gasteiger partial charge in [-0.2, -0.15) is 0 Å². The molecule has 0 unspecified atom stereocenters. The van der Waals surface area contributed by atoms with Crippen LogP contribution in [0.25, 0.3) is 0 Å². The largest absolute Gasteiger partial charge is 0.376 e. The lowest BCUT2D eigenvalue weighted by molar-refractivity contribution is 0.122. The van der Waals surface area contributed by atoms with Crippen LogP contribution in [0.1, 0.15) is 56.6 Å². The Balaban J connectivity index is 1.81. The van der Waals surface area contributed by atoms with E-state index in [1.54, 1.807) is 17.8 Å². The van der Waals surface area contributed by atoms with E-state index in [0.717, 1.165) is 42.2 Å². The van der Waals surface area contributed by atoms with Crippen LogP contribution in [0.4, 0.5) is 0 Å². The molecule has 0 aliphatic carbocycles. The van der Waals surface area contributed by atoms with Gasteiger partial charge in [0.1, 0.15) is 10.9 Å². The molecular formula is C25H30Cl2N2OS. The van der Waals surface area contributed by atoms with E-state index >= 15 is 0 Å². The van der Waals surface area contributed by atoms with E-state index in [9.17, 15) is 0 Å². The van der Waals surface area contributed by atoms with Gasteiger partial charge < -0.3 is 9.30 Å². The Hall–Kier alpha value is -1.46. The number of benzene rings is 2. The van der Waals surface area contributed by atoms with Crippen LogP contribution in [-0.2, 0) is 24.3 Å². The molecule has 0 aliphatic heterocycles. The summed E-state index contributed by atoms with van der Waals surface area (Å²) >= 11 is 14.2. The fourth-order valence-corrected chi connectivity index (χ4v) is 5.29. The molecule has 0 saturated heterocycles. The Kier molecular flexibility index (Phi) is 9.33. The molecule has 0 aliphatic rings. The highest BCUT2D eigenvalue weighted by molar-refractivity contribution is 7.99. The van der Waals surface area contributed by atoms with Crippen LogP contribution in [0.5, 0.6) is 0 Å². The maximum atomic E-state index is 6.25. The van der Waals surface area contributed by atoms with Crippen LogP contribution in [0, 0.1) is 0 Å². The molecule has 0 atom stereocenters. The van der Waals surface area contributed by atoms with Crippen LogP contribution in [0.2, 0.25) is 10.0 Å². The van der Waals surface area contributed by atoms with Gasteiger partial charge in [0.15, 0.2) is 0 Å². The summed E-state index contributed by atoms with van der Waals surface area (Å²) in [4.78, 5) is 6.08. The third-order valence-corrected chi connectivity index (χ3v) is 6.47. The Morgan fingerprint density at radius 2 is 1.77 bits per heavy atom. The van der Waals surface area contributed by atoms with E-state index in [-0.39, 0.29) is 0 Å². The lowest BCUT2D eigenvalue weighted by atomic mass is 10.1. The summed E-state index contributed by atoms with van der Waals surface area (Å²) in [6.07, 6.45) is 3.02. The highest BCUT2D eigenvalue weighted by Crippen LogP contribution is 2.37. The number of ether oxygens (including phenoxy) is 1. The zero-order chi connectivity index (χ0) is 22.2. The SMILES string of the molecule is CCCCn1c(CCOCc2ccccc2)nc(C(C)C)c1Sc1cc(Cl)cc(Cl)c1. The summed E-state index contributed by atoms with van der Waals surface area (Å²) in [7, 11) is 0. The number of imidazole rings is 1. The monoisotopic (exact) mass is 476 g/mol. The molecule has 1 heterocycles. The van der Waals surface area contributed by atoms with E-state index in [1.165, 1.54) is 10.6 Å². The zero-order valence-electron chi connectivity index (χ0n) is 18.4. The fourth-order valence-electron chi connectivity index (χ4n) is 3.35. The first-order valence-corrected chi connectivity index (χ1v) is 12.4. The van der Waals surface area contributed by atoms with Crippen LogP contribution in [0.15, 0.2) is 58.5 Å². The van der Waals surface area contributed by atoms with Gasteiger partial charge in [0.2, 0.25) is 0 Å². The van der Waals surface area contributed by atoms with Crippen molar-refractivity contribution in [3.05, 3.63) is 75.7 Å². The van der Waals surface area contributed by atoms with Crippen molar-refractivity contribution in [1.29, 1.82) is 0 Å². The third kappa shape index (κ3) is 7.01. The molecule has 3 rings (SSSR count). The minimum Gasteiger partial charge on any atom is -0.376 e. The molecule has 0 amide bonds. The predicted molar refractivity (Wildman–Crippen MR) is 132 cm³/mol. The van der Waals surface area contributed by atoms with Crippen molar-refractivity contribution < 1.29 is 4.74 Å². The summed E-state index contributed by atoms with van der Waals surface area (Å²) in [6.45, 7) is 8.81. The first-order valence-electron chi connectivity index (χ1n) is 10.8. The maximum Gasteiger partial charge on any atom is 0.112 e. The molecule has 1 aromatic heterocycles. The van der Waals surface area contributed by atoms with Crippen molar-refractivity contribution in [2.24, 2.45) is 0 Å². The number of nitrogens with zero attached hydrogens (tertiary/aromatic N) is 2. The van der Waals surface area contributed by atoms with Crippen molar-refractivity contribution in [2.75, 3.05) is 6.61 Å². The van der Waals surface area contributed by atoms with Crippen LogP contribution in [0.3, 0.4) is 0 Å². The van der Waals surface area contributed by atoms with Gasteiger partial charge >= 0.3 is 0 Å². The number of hydrogen-bond acceptors (Lipinski definition) is 3. The normalized spacial score (nSPS) is 11.4. The average molecular weight is 478 g/mol. The van der Waals surface area contributed by atoms with Gasteiger partial charge in [0.25, 0.3) is 0 Å². The molecule has 6 heteroatoms. The topological polar surface area (TPSA) is 27.1 Å². The molecule has 166 valence electrons. The number of hydrogen-bond donors (Lipinski definition) is 0. The number of halogens is 2. The smallest absolute Gasteiger partial charge is 0.112 e. The van der Waals surface area contributed by atoms with Gasteiger partial charge in [-0.3, -0.25) is 0 Å². The Morgan fingerprint density at radius 3 is 2.42 bits per heavy atom. The van der Waals surface area contributed by atoms with Gasteiger partial charge in [0.05, 0.1) is 18.9 Å². The molecule has 0 radical (unpaired) electrons. The maximum absolute atomic E-state index is 6.25. The summed E-state index contributed by atoms with van der Waals surface area (Å²) in [5, 5.41) is 2.48. The van der Waals surface area contributed by atoms with Gasteiger partial charge in [-0.1, -0.05) is 92.5 Å². The Morgan fingerprint density at radius 1 is 1.06 bits per heavy atom. The van der Waals surface area contributed by atoms with Gasteiger partial charge in [-0.15, -0.1) is 0 Å². The quantitative estimate of drug-likeness (QED) is 0.262. The highest BCUT2D eigenvalue weighted by Gasteiger charge is 2.20. The molecule has 0 saturated carbocycles. The van der Waals surface area contributed by atoms with Gasteiger partial charge in [-0.05, 0) is 36.1 Å². The molecule has 2 aromatic carbocycles. The summed E-state index contributed by atoms with van der Waals surface area (Å²) in [6, 6.07) is 16.0. The third-order valence-electron chi connectivity index (χ3n) is 4.94. The molecule has 0 fully saturated rings.